The molecule has 1 fully saturated rings. The molecule has 0 aromatic rings. The van der Waals surface area contributed by atoms with Crippen LogP contribution in [0, 0.1) is 5.92 Å². The van der Waals surface area contributed by atoms with Gasteiger partial charge in [0.1, 0.15) is 0 Å². The highest BCUT2D eigenvalue weighted by Gasteiger charge is 2.46. The topological polar surface area (TPSA) is 37.3 Å². The van der Waals surface area contributed by atoms with E-state index in [1.165, 1.54) is 11.8 Å². The molecule has 1 aliphatic rings. The number of hydrogen-bond acceptors (Lipinski definition) is 2. The van der Waals surface area contributed by atoms with Crippen LogP contribution < -0.4 is 0 Å². The molecular weight excluding hydrogens is 217 g/mol. The van der Waals surface area contributed by atoms with Gasteiger partial charge in [-0.25, -0.2) is 0 Å². The molecule has 0 amide bonds. The molecule has 1 saturated heterocycles. The van der Waals surface area contributed by atoms with Gasteiger partial charge >= 0.3 is 12.1 Å². The van der Waals surface area contributed by atoms with E-state index >= 15 is 0 Å². The molecule has 1 heterocycles. The summed E-state index contributed by atoms with van der Waals surface area (Å²) in [5.41, 5.74) is 0. The molecule has 82 valence electrons. The average Bonchev–Trinajstić information content (AvgIpc) is 2.48. The zero-order valence-electron chi connectivity index (χ0n) is 7.38. The molecule has 1 N–H and O–H groups in total. The standard InChI is InChI=1S/C8H11F3O2S/c9-8(10,11)6(7(12)13)4-5-2-1-3-14-5/h5-6H,1-4H2,(H,12,13)/t5-,6+/m1/s1. The molecular formula is C8H11F3O2S. The minimum atomic E-state index is -4.62. The molecule has 0 saturated carbocycles. The first-order valence-electron chi connectivity index (χ1n) is 4.32. The van der Waals surface area contributed by atoms with Gasteiger partial charge in [0.05, 0.1) is 0 Å². The molecule has 0 radical (unpaired) electrons. The lowest BCUT2D eigenvalue weighted by Gasteiger charge is -2.18. The summed E-state index contributed by atoms with van der Waals surface area (Å²) in [6, 6.07) is 0. The maximum atomic E-state index is 12.2. The Labute approximate surface area is 83.9 Å². The third-order valence-corrected chi connectivity index (χ3v) is 3.64. The molecule has 1 aliphatic heterocycles. The fourth-order valence-electron chi connectivity index (χ4n) is 1.47. The molecule has 0 unspecified atom stereocenters. The predicted molar refractivity (Wildman–Crippen MR) is 47.3 cm³/mol. The van der Waals surface area contributed by atoms with E-state index in [0.717, 1.165) is 12.2 Å². The second kappa shape index (κ2) is 4.42. The Bertz CT molecular complexity index is 211. The fourth-order valence-corrected chi connectivity index (χ4v) is 2.80. The molecule has 2 nitrogen and oxygen atoms in total. The van der Waals surface area contributed by atoms with E-state index < -0.39 is 18.1 Å². The highest BCUT2D eigenvalue weighted by atomic mass is 32.2. The minimum Gasteiger partial charge on any atom is -0.481 e. The summed E-state index contributed by atoms with van der Waals surface area (Å²) in [6.07, 6.45) is -3.32. The van der Waals surface area contributed by atoms with Crippen LogP contribution in [0.3, 0.4) is 0 Å². The van der Waals surface area contributed by atoms with Crippen LogP contribution in [0.4, 0.5) is 13.2 Å². The Morgan fingerprint density at radius 2 is 2.21 bits per heavy atom. The largest absolute Gasteiger partial charge is 0.481 e. The number of rotatable bonds is 3. The van der Waals surface area contributed by atoms with Crippen LogP contribution in [-0.2, 0) is 4.79 Å². The van der Waals surface area contributed by atoms with Gasteiger partial charge in [0.15, 0.2) is 5.92 Å². The Balaban J connectivity index is 2.55. The molecule has 2 atom stereocenters. The van der Waals surface area contributed by atoms with E-state index in [4.69, 9.17) is 5.11 Å². The summed E-state index contributed by atoms with van der Waals surface area (Å²) in [4.78, 5) is 10.4. The van der Waals surface area contributed by atoms with Gasteiger partial charge in [-0.15, -0.1) is 0 Å². The zero-order chi connectivity index (χ0) is 10.8. The quantitative estimate of drug-likeness (QED) is 0.806. The number of carboxylic acids is 1. The van der Waals surface area contributed by atoms with E-state index in [-0.39, 0.29) is 11.7 Å². The number of carbonyl (C=O) groups is 1. The van der Waals surface area contributed by atoms with Gasteiger partial charge in [0.25, 0.3) is 0 Å². The van der Waals surface area contributed by atoms with Gasteiger partial charge in [-0.2, -0.15) is 24.9 Å². The predicted octanol–water partition coefficient (Wildman–Crippen LogP) is 2.54. The highest BCUT2D eigenvalue weighted by molar-refractivity contribution is 8.00. The molecule has 6 heteroatoms. The van der Waals surface area contributed by atoms with Crippen molar-refractivity contribution < 1.29 is 23.1 Å². The van der Waals surface area contributed by atoms with Gasteiger partial charge in [-0.3, -0.25) is 4.79 Å². The molecule has 0 aromatic heterocycles. The summed E-state index contributed by atoms with van der Waals surface area (Å²) < 4.78 is 36.7. The second-order valence-corrected chi connectivity index (χ2v) is 4.71. The first kappa shape index (κ1) is 11.7. The number of aliphatic carboxylic acids is 1. The second-order valence-electron chi connectivity index (χ2n) is 3.30. The number of halogens is 3. The van der Waals surface area contributed by atoms with E-state index in [2.05, 4.69) is 0 Å². The highest BCUT2D eigenvalue weighted by Crippen LogP contribution is 2.37. The Hall–Kier alpha value is -0.390. The van der Waals surface area contributed by atoms with Gasteiger partial charge < -0.3 is 5.11 Å². The Morgan fingerprint density at radius 3 is 2.57 bits per heavy atom. The van der Waals surface area contributed by atoms with Crippen molar-refractivity contribution in [1.82, 2.24) is 0 Å². The summed E-state index contributed by atoms with van der Waals surface area (Å²) in [6.45, 7) is 0. The smallest absolute Gasteiger partial charge is 0.402 e. The first-order valence-corrected chi connectivity index (χ1v) is 5.37. The van der Waals surface area contributed by atoms with Gasteiger partial charge in [-0.05, 0) is 25.0 Å². The van der Waals surface area contributed by atoms with Crippen LogP contribution in [0.2, 0.25) is 0 Å². The van der Waals surface area contributed by atoms with Crippen LogP contribution in [0.25, 0.3) is 0 Å². The van der Waals surface area contributed by atoms with Crippen LogP contribution in [0.5, 0.6) is 0 Å². The fraction of sp³-hybridized carbons (Fsp3) is 0.875. The van der Waals surface area contributed by atoms with Crippen molar-refractivity contribution in [3.05, 3.63) is 0 Å². The minimum absolute atomic E-state index is 0.141. The molecule has 0 spiro atoms. The number of alkyl halides is 3. The van der Waals surface area contributed by atoms with Crippen LogP contribution in [0.1, 0.15) is 19.3 Å². The third kappa shape index (κ3) is 3.08. The lowest BCUT2D eigenvalue weighted by Crippen LogP contribution is -2.32. The third-order valence-electron chi connectivity index (χ3n) is 2.22. The molecule has 0 bridgehead atoms. The maximum absolute atomic E-state index is 12.2. The number of hydrogen-bond donors (Lipinski definition) is 1. The van der Waals surface area contributed by atoms with E-state index in [0.29, 0.717) is 6.42 Å². The van der Waals surface area contributed by atoms with Gasteiger partial charge in [0, 0.05) is 5.25 Å². The Morgan fingerprint density at radius 1 is 1.57 bits per heavy atom. The van der Waals surface area contributed by atoms with E-state index in [1.54, 1.807) is 0 Å². The van der Waals surface area contributed by atoms with Crippen molar-refractivity contribution in [3.8, 4) is 0 Å². The summed E-state index contributed by atoms with van der Waals surface area (Å²) >= 11 is 1.44. The average molecular weight is 228 g/mol. The van der Waals surface area contributed by atoms with Crippen molar-refractivity contribution in [2.45, 2.75) is 30.7 Å². The van der Waals surface area contributed by atoms with Gasteiger partial charge in [0.2, 0.25) is 0 Å². The maximum Gasteiger partial charge on any atom is 0.402 e. The monoisotopic (exact) mass is 228 g/mol. The van der Waals surface area contributed by atoms with Crippen LogP contribution in [-0.4, -0.2) is 28.3 Å². The van der Waals surface area contributed by atoms with Crippen molar-refractivity contribution >= 4 is 17.7 Å². The van der Waals surface area contributed by atoms with E-state index in [9.17, 15) is 18.0 Å². The van der Waals surface area contributed by atoms with Gasteiger partial charge in [-0.1, -0.05) is 0 Å². The SMILES string of the molecule is O=C(O)[C@H](C[C@H]1CCCS1)C(F)(F)F. The lowest BCUT2D eigenvalue weighted by atomic mass is 10.0. The normalized spacial score (nSPS) is 24.9. The first-order chi connectivity index (χ1) is 6.41. The lowest BCUT2D eigenvalue weighted by molar-refractivity contribution is -0.194. The Kier molecular flexibility index (Phi) is 3.69. The van der Waals surface area contributed by atoms with Crippen LogP contribution >= 0.6 is 11.8 Å². The van der Waals surface area contributed by atoms with Crippen molar-refractivity contribution in [2.75, 3.05) is 5.75 Å². The van der Waals surface area contributed by atoms with Crippen molar-refractivity contribution in [3.63, 3.8) is 0 Å². The summed E-state index contributed by atoms with van der Waals surface area (Å²) in [5, 5.41) is 8.30. The molecule has 0 aromatic carbocycles. The number of carboxylic acid groups (broad SMARTS) is 1. The van der Waals surface area contributed by atoms with Crippen LogP contribution in [0.15, 0.2) is 0 Å². The summed E-state index contributed by atoms with van der Waals surface area (Å²) in [7, 11) is 0. The van der Waals surface area contributed by atoms with Crippen molar-refractivity contribution in [2.24, 2.45) is 5.92 Å². The van der Waals surface area contributed by atoms with Crippen molar-refractivity contribution in [1.29, 1.82) is 0 Å². The number of thioether (sulfide) groups is 1. The molecule has 1 rings (SSSR count). The molecule has 0 aliphatic carbocycles. The molecule has 14 heavy (non-hydrogen) atoms. The zero-order valence-corrected chi connectivity index (χ0v) is 8.20. The van der Waals surface area contributed by atoms with E-state index in [1.807, 2.05) is 0 Å². The summed E-state index contributed by atoms with van der Waals surface area (Å²) in [5.74, 6) is -3.11.